The zero-order valence-electron chi connectivity index (χ0n) is 10.7. The second kappa shape index (κ2) is 6.24. The lowest BCUT2D eigenvalue weighted by molar-refractivity contribution is -0.139. The first-order valence-electron chi connectivity index (χ1n) is 6.48. The van der Waals surface area contributed by atoms with Crippen molar-refractivity contribution < 1.29 is 9.90 Å². The number of carboxylic acid groups (broad SMARTS) is 1. The van der Waals surface area contributed by atoms with Crippen molar-refractivity contribution in [2.24, 2.45) is 11.8 Å². The third-order valence-electron chi connectivity index (χ3n) is 3.44. The lowest BCUT2D eigenvalue weighted by atomic mass is 9.81. The highest BCUT2D eigenvalue weighted by atomic mass is 16.4. The smallest absolute Gasteiger partial charge is 0.320 e. The van der Waals surface area contributed by atoms with E-state index in [0.717, 1.165) is 24.7 Å². The van der Waals surface area contributed by atoms with Gasteiger partial charge >= 0.3 is 5.97 Å². The lowest BCUT2D eigenvalue weighted by Crippen LogP contribution is -2.43. The number of nitrogens with one attached hydrogen (secondary N) is 1. The van der Waals surface area contributed by atoms with Crippen LogP contribution in [0, 0.1) is 11.8 Å². The fourth-order valence-electron chi connectivity index (χ4n) is 2.75. The molecule has 0 aromatic rings. The molecule has 3 nitrogen and oxygen atoms in total. The monoisotopic (exact) mass is 227 g/mol. The summed E-state index contributed by atoms with van der Waals surface area (Å²) >= 11 is 0. The minimum atomic E-state index is -0.744. The van der Waals surface area contributed by atoms with Gasteiger partial charge in [-0.25, -0.2) is 0 Å². The van der Waals surface area contributed by atoms with E-state index in [4.69, 9.17) is 5.11 Å². The molecule has 3 atom stereocenters. The second-order valence-corrected chi connectivity index (χ2v) is 5.59. The summed E-state index contributed by atoms with van der Waals surface area (Å²) in [7, 11) is 0. The Kier molecular flexibility index (Phi) is 5.26. The topological polar surface area (TPSA) is 49.3 Å². The molecule has 1 aliphatic rings. The molecule has 0 aromatic heterocycles. The van der Waals surface area contributed by atoms with Crippen molar-refractivity contribution in [1.82, 2.24) is 5.32 Å². The van der Waals surface area contributed by atoms with Gasteiger partial charge in [0, 0.05) is 6.04 Å². The van der Waals surface area contributed by atoms with Crippen LogP contribution in [0.15, 0.2) is 0 Å². The van der Waals surface area contributed by atoms with E-state index in [1.165, 1.54) is 19.3 Å². The summed E-state index contributed by atoms with van der Waals surface area (Å²) in [5.41, 5.74) is 0. The summed E-state index contributed by atoms with van der Waals surface area (Å²) < 4.78 is 0. The molecule has 0 amide bonds. The first-order valence-corrected chi connectivity index (χ1v) is 6.48. The standard InChI is InChI=1S/C13H25NO2/c1-9(2)7-11-5-4-6-12(8-11)14-10(3)13(15)16/h9-12,14H,4-8H2,1-3H3,(H,15,16). The predicted octanol–water partition coefficient (Wildman–Crippen LogP) is 2.65. The van der Waals surface area contributed by atoms with Crippen LogP contribution in [0.2, 0.25) is 0 Å². The summed E-state index contributed by atoms with van der Waals surface area (Å²) in [4.78, 5) is 10.8. The molecular weight excluding hydrogens is 202 g/mol. The van der Waals surface area contributed by atoms with Crippen LogP contribution in [-0.4, -0.2) is 23.2 Å². The van der Waals surface area contributed by atoms with Crippen LogP contribution in [0.25, 0.3) is 0 Å². The van der Waals surface area contributed by atoms with Crippen molar-refractivity contribution in [1.29, 1.82) is 0 Å². The molecule has 1 aliphatic carbocycles. The molecule has 1 fully saturated rings. The number of aliphatic carboxylic acids is 1. The Balaban J connectivity index is 2.35. The predicted molar refractivity (Wildman–Crippen MR) is 65.4 cm³/mol. The summed E-state index contributed by atoms with van der Waals surface area (Å²) in [6.07, 6.45) is 6.11. The van der Waals surface area contributed by atoms with Gasteiger partial charge in [-0.05, 0) is 38.0 Å². The fraction of sp³-hybridized carbons (Fsp3) is 0.923. The van der Waals surface area contributed by atoms with Crippen LogP contribution < -0.4 is 5.32 Å². The van der Waals surface area contributed by atoms with Crippen molar-refractivity contribution in [2.45, 2.75) is 65.0 Å². The van der Waals surface area contributed by atoms with E-state index < -0.39 is 12.0 Å². The van der Waals surface area contributed by atoms with Gasteiger partial charge in [0.15, 0.2) is 0 Å². The van der Waals surface area contributed by atoms with Crippen LogP contribution in [0.4, 0.5) is 0 Å². The highest BCUT2D eigenvalue weighted by molar-refractivity contribution is 5.72. The van der Waals surface area contributed by atoms with Crippen LogP contribution >= 0.6 is 0 Å². The maximum Gasteiger partial charge on any atom is 0.320 e. The number of hydrogen-bond acceptors (Lipinski definition) is 2. The van der Waals surface area contributed by atoms with Crippen molar-refractivity contribution in [3.05, 3.63) is 0 Å². The number of rotatable bonds is 5. The Morgan fingerprint density at radius 2 is 2.06 bits per heavy atom. The number of hydrogen-bond donors (Lipinski definition) is 2. The zero-order valence-corrected chi connectivity index (χ0v) is 10.7. The molecule has 0 spiro atoms. The summed E-state index contributed by atoms with van der Waals surface area (Å²) in [5.74, 6) is 0.791. The maximum absolute atomic E-state index is 10.8. The minimum Gasteiger partial charge on any atom is -0.480 e. The van der Waals surface area contributed by atoms with Gasteiger partial charge in [0.05, 0.1) is 0 Å². The first kappa shape index (κ1) is 13.5. The Morgan fingerprint density at radius 3 is 2.62 bits per heavy atom. The molecule has 0 aliphatic heterocycles. The summed E-state index contributed by atoms with van der Waals surface area (Å²) in [6.45, 7) is 6.25. The average molecular weight is 227 g/mol. The van der Waals surface area contributed by atoms with E-state index in [1.54, 1.807) is 6.92 Å². The van der Waals surface area contributed by atoms with E-state index >= 15 is 0 Å². The highest BCUT2D eigenvalue weighted by Gasteiger charge is 2.24. The van der Waals surface area contributed by atoms with E-state index in [1.807, 2.05) is 0 Å². The third kappa shape index (κ3) is 4.52. The lowest BCUT2D eigenvalue weighted by Gasteiger charge is -2.31. The van der Waals surface area contributed by atoms with E-state index in [2.05, 4.69) is 19.2 Å². The van der Waals surface area contributed by atoms with E-state index in [9.17, 15) is 4.79 Å². The van der Waals surface area contributed by atoms with Crippen LogP contribution in [0.1, 0.15) is 52.9 Å². The molecule has 1 rings (SSSR count). The van der Waals surface area contributed by atoms with Crippen molar-refractivity contribution in [3.8, 4) is 0 Å². The molecule has 3 heteroatoms. The van der Waals surface area contributed by atoms with Gasteiger partial charge in [-0.1, -0.05) is 26.7 Å². The van der Waals surface area contributed by atoms with Gasteiger partial charge in [-0.3, -0.25) is 4.79 Å². The van der Waals surface area contributed by atoms with Crippen molar-refractivity contribution in [2.75, 3.05) is 0 Å². The molecule has 0 aromatic carbocycles. The van der Waals surface area contributed by atoms with E-state index in [-0.39, 0.29) is 0 Å². The molecule has 1 saturated carbocycles. The Labute approximate surface area is 98.6 Å². The molecule has 2 N–H and O–H groups in total. The average Bonchev–Trinajstić information content (AvgIpc) is 2.16. The third-order valence-corrected chi connectivity index (χ3v) is 3.44. The van der Waals surface area contributed by atoms with Gasteiger partial charge in [0.2, 0.25) is 0 Å². The number of carbonyl (C=O) groups is 1. The van der Waals surface area contributed by atoms with Crippen molar-refractivity contribution >= 4 is 5.97 Å². The van der Waals surface area contributed by atoms with Crippen LogP contribution in [0.3, 0.4) is 0 Å². The molecule has 0 radical (unpaired) electrons. The number of carboxylic acids is 1. The SMILES string of the molecule is CC(C)CC1CCCC(NC(C)C(=O)O)C1. The fourth-order valence-corrected chi connectivity index (χ4v) is 2.75. The molecule has 3 unspecified atom stereocenters. The molecule has 94 valence electrons. The Hall–Kier alpha value is -0.570. The van der Waals surface area contributed by atoms with Crippen LogP contribution in [-0.2, 0) is 4.79 Å². The molecular formula is C13H25NO2. The van der Waals surface area contributed by atoms with Gasteiger partial charge in [-0.15, -0.1) is 0 Å². The maximum atomic E-state index is 10.8. The molecule has 0 bridgehead atoms. The Morgan fingerprint density at radius 1 is 1.38 bits per heavy atom. The second-order valence-electron chi connectivity index (χ2n) is 5.59. The van der Waals surface area contributed by atoms with Gasteiger partial charge in [0.1, 0.15) is 6.04 Å². The Bertz CT molecular complexity index is 228. The molecule has 0 heterocycles. The zero-order chi connectivity index (χ0) is 12.1. The first-order chi connectivity index (χ1) is 7.49. The van der Waals surface area contributed by atoms with Crippen LogP contribution in [0.5, 0.6) is 0 Å². The molecule has 0 saturated heterocycles. The van der Waals surface area contributed by atoms with Crippen molar-refractivity contribution in [3.63, 3.8) is 0 Å². The van der Waals surface area contributed by atoms with Gasteiger partial charge in [0.25, 0.3) is 0 Å². The quantitative estimate of drug-likeness (QED) is 0.759. The summed E-state index contributed by atoms with van der Waals surface area (Å²) in [6, 6.07) is -0.00796. The molecule has 16 heavy (non-hydrogen) atoms. The van der Waals surface area contributed by atoms with Gasteiger partial charge in [-0.2, -0.15) is 0 Å². The van der Waals surface area contributed by atoms with Gasteiger partial charge < -0.3 is 10.4 Å². The normalized spacial score (nSPS) is 28.0. The minimum absolute atomic E-state index is 0.406. The summed E-state index contributed by atoms with van der Waals surface area (Å²) in [5, 5.41) is 12.1. The van der Waals surface area contributed by atoms with E-state index in [0.29, 0.717) is 6.04 Å². The highest BCUT2D eigenvalue weighted by Crippen LogP contribution is 2.29. The largest absolute Gasteiger partial charge is 0.480 e.